The SMILES string of the molecule is Cc1ccc(-n2cnnc2SCC(=O)Nc2cccc(Cl)c2C)cc1C. The van der Waals surface area contributed by atoms with Crippen LogP contribution in [0.25, 0.3) is 5.69 Å². The molecule has 0 unspecified atom stereocenters. The lowest BCUT2D eigenvalue weighted by Crippen LogP contribution is -2.15. The number of carbonyl (C=O) groups excluding carboxylic acids is 1. The summed E-state index contributed by atoms with van der Waals surface area (Å²) >= 11 is 7.43. The number of benzene rings is 2. The molecule has 0 fully saturated rings. The van der Waals surface area contributed by atoms with Crippen molar-refractivity contribution >= 4 is 35.0 Å². The molecule has 0 aliphatic heterocycles. The van der Waals surface area contributed by atoms with Crippen molar-refractivity contribution in [1.82, 2.24) is 14.8 Å². The third-order valence-corrected chi connectivity index (χ3v) is 5.51. The Hall–Kier alpha value is -2.31. The van der Waals surface area contributed by atoms with Gasteiger partial charge in [-0.25, -0.2) is 0 Å². The lowest BCUT2D eigenvalue weighted by atomic mass is 10.1. The van der Waals surface area contributed by atoms with Crippen molar-refractivity contribution in [3.8, 4) is 5.69 Å². The molecule has 0 aliphatic rings. The number of nitrogens with zero attached hydrogens (tertiary/aromatic N) is 3. The lowest BCUT2D eigenvalue weighted by molar-refractivity contribution is -0.113. The summed E-state index contributed by atoms with van der Waals surface area (Å²) in [4.78, 5) is 12.3. The number of nitrogens with one attached hydrogen (secondary N) is 1. The average molecular weight is 387 g/mol. The first-order chi connectivity index (χ1) is 12.5. The van der Waals surface area contributed by atoms with Crippen LogP contribution in [0.2, 0.25) is 5.02 Å². The van der Waals surface area contributed by atoms with Crippen LogP contribution in [0.3, 0.4) is 0 Å². The number of anilines is 1. The number of halogens is 1. The van der Waals surface area contributed by atoms with Gasteiger partial charge in [0.25, 0.3) is 0 Å². The fourth-order valence-corrected chi connectivity index (χ4v) is 3.34. The highest BCUT2D eigenvalue weighted by atomic mass is 35.5. The van der Waals surface area contributed by atoms with Gasteiger partial charge in [-0.05, 0) is 61.7 Å². The summed E-state index contributed by atoms with van der Waals surface area (Å²) in [6.07, 6.45) is 1.66. The van der Waals surface area contributed by atoms with E-state index < -0.39 is 0 Å². The molecule has 26 heavy (non-hydrogen) atoms. The van der Waals surface area contributed by atoms with Gasteiger partial charge in [0.2, 0.25) is 5.91 Å². The highest BCUT2D eigenvalue weighted by molar-refractivity contribution is 7.99. The van der Waals surface area contributed by atoms with Crippen LogP contribution in [0, 0.1) is 20.8 Å². The van der Waals surface area contributed by atoms with E-state index in [4.69, 9.17) is 11.6 Å². The van der Waals surface area contributed by atoms with Crippen LogP contribution in [0.15, 0.2) is 47.9 Å². The second kappa shape index (κ2) is 7.93. The van der Waals surface area contributed by atoms with Crippen molar-refractivity contribution in [2.24, 2.45) is 0 Å². The van der Waals surface area contributed by atoms with Crippen molar-refractivity contribution < 1.29 is 4.79 Å². The monoisotopic (exact) mass is 386 g/mol. The molecule has 1 N–H and O–H groups in total. The molecule has 0 saturated heterocycles. The van der Waals surface area contributed by atoms with Crippen LogP contribution >= 0.6 is 23.4 Å². The molecule has 0 atom stereocenters. The molecule has 1 heterocycles. The quantitative estimate of drug-likeness (QED) is 0.652. The van der Waals surface area contributed by atoms with Crippen molar-refractivity contribution in [2.75, 3.05) is 11.1 Å². The molecule has 5 nitrogen and oxygen atoms in total. The standard InChI is InChI=1S/C19H19ClN4OS/c1-12-7-8-15(9-13(12)2)24-11-21-23-19(24)26-10-18(25)22-17-6-4-5-16(20)14(17)3/h4-9,11H,10H2,1-3H3,(H,22,25). The van der Waals surface area contributed by atoms with Crippen LogP contribution in [0.5, 0.6) is 0 Å². The number of aromatic nitrogens is 3. The summed E-state index contributed by atoms with van der Waals surface area (Å²) < 4.78 is 1.88. The summed E-state index contributed by atoms with van der Waals surface area (Å²) in [7, 11) is 0. The molecule has 1 amide bonds. The van der Waals surface area contributed by atoms with Gasteiger partial charge in [0.15, 0.2) is 5.16 Å². The minimum Gasteiger partial charge on any atom is -0.325 e. The first kappa shape index (κ1) is 18.5. The predicted molar refractivity (Wildman–Crippen MR) is 106 cm³/mol. The minimum atomic E-state index is -0.116. The second-order valence-electron chi connectivity index (χ2n) is 6.00. The van der Waals surface area contributed by atoms with Gasteiger partial charge in [-0.15, -0.1) is 10.2 Å². The summed E-state index contributed by atoms with van der Waals surface area (Å²) in [6, 6.07) is 11.6. The molecule has 0 spiro atoms. The van der Waals surface area contributed by atoms with Crippen LogP contribution < -0.4 is 5.32 Å². The van der Waals surface area contributed by atoms with E-state index in [1.54, 1.807) is 12.4 Å². The second-order valence-corrected chi connectivity index (χ2v) is 7.35. The maximum atomic E-state index is 12.3. The normalized spacial score (nSPS) is 10.8. The van der Waals surface area contributed by atoms with Crippen LogP contribution in [0.1, 0.15) is 16.7 Å². The molecule has 7 heteroatoms. The maximum absolute atomic E-state index is 12.3. The van der Waals surface area contributed by atoms with E-state index in [0.717, 1.165) is 16.9 Å². The zero-order valence-corrected chi connectivity index (χ0v) is 16.4. The summed E-state index contributed by atoms with van der Waals surface area (Å²) in [6.45, 7) is 6.02. The van der Waals surface area contributed by atoms with E-state index >= 15 is 0 Å². The summed E-state index contributed by atoms with van der Waals surface area (Å²) in [5, 5.41) is 12.3. The Morgan fingerprint density at radius 2 is 2.00 bits per heavy atom. The zero-order chi connectivity index (χ0) is 18.7. The Balaban J connectivity index is 1.69. The molecular formula is C19H19ClN4OS. The Kier molecular flexibility index (Phi) is 5.64. The Morgan fingerprint density at radius 1 is 1.19 bits per heavy atom. The smallest absolute Gasteiger partial charge is 0.234 e. The van der Waals surface area contributed by atoms with E-state index in [9.17, 15) is 4.79 Å². The van der Waals surface area contributed by atoms with Gasteiger partial charge < -0.3 is 5.32 Å². The van der Waals surface area contributed by atoms with Crippen molar-refractivity contribution in [3.63, 3.8) is 0 Å². The fraction of sp³-hybridized carbons (Fsp3) is 0.211. The van der Waals surface area contributed by atoms with Gasteiger partial charge in [-0.1, -0.05) is 35.5 Å². The van der Waals surface area contributed by atoms with Crippen LogP contribution in [0.4, 0.5) is 5.69 Å². The minimum absolute atomic E-state index is 0.116. The molecule has 1 aromatic heterocycles. The van der Waals surface area contributed by atoms with Crippen molar-refractivity contribution in [3.05, 3.63) is 64.4 Å². The lowest BCUT2D eigenvalue weighted by Gasteiger charge is -2.10. The first-order valence-electron chi connectivity index (χ1n) is 8.11. The number of hydrogen-bond acceptors (Lipinski definition) is 4. The average Bonchev–Trinajstić information content (AvgIpc) is 3.08. The fourth-order valence-electron chi connectivity index (χ4n) is 2.43. The molecule has 0 bridgehead atoms. The van der Waals surface area contributed by atoms with Crippen LogP contribution in [-0.2, 0) is 4.79 Å². The number of carbonyl (C=O) groups is 1. The highest BCUT2D eigenvalue weighted by Crippen LogP contribution is 2.24. The van der Waals surface area contributed by atoms with E-state index in [0.29, 0.717) is 10.2 Å². The Labute approximate surface area is 161 Å². The summed E-state index contributed by atoms with van der Waals surface area (Å²) in [5.74, 6) is 0.116. The van der Waals surface area contributed by atoms with Gasteiger partial charge in [0, 0.05) is 16.4 Å². The number of hydrogen-bond donors (Lipinski definition) is 1. The van der Waals surface area contributed by atoms with Gasteiger partial charge in [0.1, 0.15) is 6.33 Å². The molecule has 3 aromatic rings. The predicted octanol–water partition coefficient (Wildman–Crippen LogP) is 4.58. The Morgan fingerprint density at radius 3 is 2.77 bits per heavy atom. The highest BCUT2D eigenvalue weighted by Gasteiger charge is 2.12. The first-order valence-corrected chi connectivity index (χ1v) is 9.47. The third-order valence-electron chi connectivity index (χ3n) is 4.16. The van der Waals surface area contributed by atoms with E-state index in [2.05, 4.69) is 41.5 Å². The molecule has 0 aliphatic carbocycles. The van der Waals surface area contributed by atoms with E-state index in [-0.39, 0.29) is 11.7 Å². The zero-order valence-electron chi connectivity index (χ0n) is 14.8. The van der Waals surface area contributed by atoms with Gasteiger partial charge in [0.05, 0.1) is 5.75 Å². The van der Waals surface area contributed by atoms with Gasteiger partial charge in [-0.2, -0.15) is 0 Å². The summed E-state index contributed by atoms with van der Waals surface area (Å²) in [5.41, 5.74) is 4.98. The van der Waals surface area contributed by atoms with E-state index in [1.165, 1.54) is 22.9 Å². The van der Waals surface area contributed by atoms with Crippen molar-refractivity contribution in [1.29, 1.82) is 0 Å². The largest absolute Gasteiger partial charge is 0.325 e. The van der Waals surface area contributed by atoms with Crippen molar-refractivity contribution in [2.45, 2.75) is 25.9 Å². The topological polar surface area (TPSA) is 59.8 Å². The molecular weight excluding hydrogens is 368 g/mol. The number of thioether (sulfide) groups is 1. The molecule has 2 aromatic carbocycles. The molecule has 0 saturated carbocycles. The number of amides is 1. The molecule has 134 valence electrons. The van der Waals surface area contributed by atoms with Gasteiger partial charge in [-0.3, -0.25) is 9.36 Å². The number of rotatable bonds is 5. The Bertz CT molecular complexity index is 954. The number of aryl methyl sites for hydroxylation is 2. The van der Waals surface area contributed by atoms with Crippen LogP contribution in [-0.4, -0.2) is 26.4 Å². The van der Waals surface area contributed by atoms with Gasteiger partial charge >= 0.3 is 0 Å². The maximum Gasteiger partial charge on any atom is 0.234 e. The molecule has 3 rings (SSSR count). The molecule has 0 radical (unpaired) electrons. The third kappa shape index (κ3) is 4.08. The van der Waals surface area contributed by atoms with E-state index in [1.807, 2.05) is 29.7 Å².